The minimum absolute atomic E-state index is 0.133. The van der Waals surface area contributed by atoms with E-state index in [0.29, 0.717) is 41.0 Å². The third-order valence-corrected chi connectivity index (χ3v) is 7.20. The average molecular weight is 502 g/mol. The lowest BCUT2D eigenvalue weighted by Crippen LogP contribution is -2.51. The van der Waals surface area contributed by atoms with E-state index in [1.807, 2.05) is 24.3 Å². The summed E-state index contributed by atoms with van der Waals surface area (Å²) in [6.07, 6.45) is 4.45. The molecule has 1 amide bonds. The van der Waals surface area contributed by atoms with E-state index in [1.165, 1.54) is 0 Å². The number of benzene rings is 3. The van der Waals surface area contributed by atoms with Crippen LogP contribution in [0, 0.1) is 5.92 Å². The molecule has 184 valence electrons. The predicted octanol–water partition coefficient (Wildman–Crippen LogP) is 5.85. The van der Waals surface area contributed by atoms with Crippen molar-refractivity contribution in [2.45, 2.75) is 13.0 Å². The van der Waals surface area contributed by atoms with E-state index in [2.05, 4.69) is 52.4 Å². The molecule has 1 unspecified atom stereocenters. The van der Waals surface area contributed by atoms with Gasteiger partial charge in [0.15, 0.2) is 11.5 Å². The zero-order valence-corrected chi connectivity index (χ0v) is 20.9. The lowest BCUT2D eigenvalue weighted by atomic mass is 9.97. The fourth-order valence-corrected chi connectivity index (χ4v) is 5.39. The Labute approximate surface area is 216 Å². The fraction of sp³-hybridized carbons (Fsp3) is 0.276. The normalized spacial score (nSPS) is 18.9. The first-order valence-corrected chi connectivity index (χ1v) is 12.7. The van der Waals surface area contributed by atoms with E-state index in [4.69, 9.17) is 21.1 Å². The Hall–Kier alpha value is -3.48. The molecule has 0 radical (unpaired) electrons. The van der Waals surface area contributed by atoms with Gasteiger partial charge in [0.1, 0.15) is 13.2 Å². The van der Waals surface area contributed by atoms with Crippen LogP contribution in [0.5, 0.6) is 11.5 Å². The maximum atomic E-state index is 13.1. The Kier molecular flexibility index (Phi) is 6.07. The van der Waals surface area contributed by atoms with Gasteiger partial charge in [-0.15, -0.1) is 0 Å². The van der Waals surface area contributed by atoms with Crippen molar-refractivity contribution >= 4 is 40.6 Å². The third kappa shape index (κ3) is 4.43. The maximum absolute atomic E-state index is 13.1. The molecule has 3 aromatic carbocycles. The first kappa shape index (κ1) is 23.0. The first-order chi connectivity index (χ1) is 17.5. The average Bonchev–Trinajstić information content (AvgIpc) is 2.88. The molecule has 6 rings (SSSR count). The Morgan fingerprint density at radius 1 is 1.00 bits per heavy atom. The number of nitrogens with zero attached hydrogens (tertiary/aromatic N) is 2. The molecule has 0 aliphatic carbocycles. The van der Waals surface area contributed by atoms with Gasteiger partial charge in [-0.25, -0.2) is 0 Å². The van der Waals surface area contributed by atoms with Crippen molar-refractivity contribution < 1.29 is 14.3 Å². The zero-order chi connectivity index (χ0) is 24.6. The quantitative estimate of drug-likeness (QED) is 0.475. The zero-order valence-electron chi connectivity index (χ0n) is 20.1. The number of amides is 1. The van der Waals surface area contributed by atoms with Crippen molar-refractivity contribution in [3.8, 4) is 11.5 Å². The van der Waals surface area contributed by atoms with Crippen molar-refractivity contribution in [2.24, 2.45) is 5.92 Å². The maximum Gasteiger partial charge on any atom is 0.255 e. The molecule has 3 aliphatic rings. The lowest BCUT2D eigenvalue weighted by molar-refractivity contribution is 0.102. The summed E-state index contributed by atoms with van der Waals surface area (Å²) < 4.78 is 11.2. The number of para-hydroxylation sites is 1. The Bertz CT molecular complexity index is 1340. The van der Waals surface area contributed by atoms with E-state index in [9.17, 15) is 4.79 Å². The van der Waals surface area contributed by atoms with E-state index in [-0.39, 0.29) is 11.9 Å². The van der Waals surface area contributed by atoms with Gasteiger partial charge in [-0.2, -0.15) is 0 Å². The molecule has 3 aliphatic heterocycles. The van der Waals surface area contributed by atoms with Crippen LogP contribution in [0.2, 0.25) is 5.02 Å². The summed E-state index contributed by atoms with van der Waals surface area (Å²) in [6, 6.07) is 19.3. The minimum atomic E-state index is -0.217. The summed E-state index contributed by atoms with van der Waals surface area (Å²) in [5.74, 6) is 1.77. The summed E-state index contributed by atoms with van der Waals surface area (Å²) in [5, 5.41) is 3.67. The largest absolute Gasteiger partial charge is 0.486 e. The van der Waals surface area contributed by atoms with E-state index < -0.39 is 0 Å². The lowest BCUT2D eigenvalue weighted by Gasteiger charge is -2.43. The monoisotopic (exact) mass is 501 g/mol. The molecule has 0 bridgehead atoms. The van der Waals surface area contributed by atoms with Crippen molar-refractivity contribution in [3.05, 3.63) is 82.9 Å². The topological polar surface area (TPSA) is 54.0 Å². The molecule has 3 aromatic rings. The van der Waals surface area contributed by atoms with Gasteiger partial charge in [-0.1, -0.05) is 48.9 Å². The third-order valence-electron chi connectivity index (χ3n) is 6.88. The van der Waals surface area contributed by atoms with Crippen LogP contribution in [-0.4, -0.2) is 49.7 Å². The molecule has 36 heavy (non-hydrogen) atoms. The van der Waals surface area contributed by atoms with Crippen LogP contribution < -0.4 is 19.7 Å². The van der Waals surface area contributed by atoms with Gasteiger partial charge in [-0.3, -0.25) is 4.79 Å². The second kappa shape index (κ2) is 9.52. The molecule has 3 heterocycles. The van der Waals surface area contributed by atoms with Gasteiger partial charge in [0.05, 0.1) is 16.8 Å². The molecule has 1 atom stereocenters. The fourth-order valence-electron chi connectivity index (χ4n) is 5.18. The van der Waals surface area contributed by atoms with Crippen molar-refractivity contribution in [1.29, 1.82) is 0 Å². The summed E-state index contributed by atoms with van der Waals surface area (Å²) in [4.78, 5) is 17.9. The van der Waals surface area contributed by atoms with Crippen LogP contribution in [0.4, 0.5) is 17.1 Å². The number of halogens is 1. The molecule has 6 nitrogen and oxygen atoms in total. The molecule has 0 saturated carbocycles. The van der Waals surface area contributed by atoms with Gasteiger partial charge in [0.2, 0.25) is 0 Å². The van der Waals surface area contributed by atoms with Crippen LogP contribution in [-0.2, 0) is 0 Å². The highest BCUT2D eigenvalue weighted by atomic mass is 35.5. The number of hydrogen-bond donors (Lipinski definition) is 1. The highest BCUT2D eigenvalue weighted by molar-refractivity contribution is 6.33. The number of likely N-dealkylation sites (tertiary alicyclic amines) is 1. The van der Waals surface area contributed by atoms with Crippen molar-refractivity contribution in [1.82, 2.24) is 4.90 Å². The molecular formula is C29H28ClN3O3. The second-order valence-corrected chi connectivity index (χ2v) is 10.1. The van der Waals surface area contributed by atoms with Crippen molar-refractivity contribution in [3.63, 3.8) is 0 Å². The Morgan fingerprint density at radius 3 is 2.64 bits per heavy atom. The molecule has 0 aromatic heterocycles. The first-order valence-electron chi connectivity index (χ1n) is 12.3. The number of nitrogens with one attached hydrogen (secondary N) is 1. The highest BCUT2D eigenvalue weighted by Gasteiger charge is 2.31. The number of hydrogen-bond acceptors (Lipinski definition) is 5. The van der Waals surface area contributed by atoms with Crippen LogP contribution >= 0.6 is 11.6 Å². The number of anilines is 3. The SMILES string of the molecule is CC1CN(CC2C=Cc3ccccc3N2c2cc(NC(=O)c3ccc4c(c3)OCCO4)ccc2Cl)C1. The smallest absolute Gasteiger partial charge is 0.255 e. The molecular weight excluding hydrogens is 474 g/mol. The van der Waals surface area contributed by atoms with E-state index in [0.717, 1.165) is 42.5 Å². The summed E-state index contributed by atoms with van der Waals surface area (Å²) in [5.41, 5.74) is 4.31. The number of ether oxygens (including phenoxy) is 2. The van der Waals surface area contributed by atoms with Crippen molar-refractivity contribution in [2.75, 3.05) is 43.1 Å². The molecule has 1 saturated heterocycles. The van der Waals surface area contributed by atoms with Crippen LogP contribution in [0.1, 0.15) is 22.8 Å². The number of rotatable bonds is 5. The molecule has 0 spiro atoms. The molecule has 1 N–H and O–H groups in total. The molecule has 7 heteroatoms. The van der Waals surface area contributed by atoms with Crippen LogP contribution in [0.25, 0.3) is 6.08 Å². The highest BCUT2D eigenvalue weighted by Crippen LogP contribution is 2.41. The van der Waals surface area contributed by atoms with E-state index >= 15 is 0 Å². The van der Waals surface area contributed by atoms with Gasteiger partial charge < -0.3 is 24.6 Å². The van der Waals surface area contributed by atoms with Gasteiger partial charge in [0, 0.05) is 36.6 Å². The predicted molar refractivity (Wildman–Crippen MR) is 144 cm³/mol. The molecule has 1 fully saturated rings. The number of fused-ring (bicyclic) bond motifs is 2. The summed E-state index contributed by atoms with van der Waals surface area (Å²) in [6.45, 7) is 6.41. The van der Waals surface area contributed by atoms with Gasteiger partial charge >= 0.3 is 0 Å². The van der Waals surface area contributed by atoms with Gasteiger partial charge in [-0.05, 0) is 53.9 Å². The van der Waals surface area contributed by atoms with Crippen LogP contribution in [0.15, 0.2) is 66.7 Å². The van der Waals surface area contributed by atoms with Gasteiger partial charge in [0.25, 0.3) is 5.91 Å². The summed E-state index contributed by atoms with van der Waals surface area (Å²) in [7, 11) is 0. The number of carbonyl (C=O) groups excluding carboxylic acids is 1. The Balaban J connectivity index is 1.29. The summed E-state index contributed by atoms with van der Waals surface area (Å²) >= 11 is 6.78. The number of carbonyl (C=O) groups is 1. The standard InChI is InChI=1S/C29H28ClN3O3/c1-19-16-32(17-19)18-23-9-6-20-4-2-3-5-25(20)33(23)26-15-22(8-10-24(26)30)31-29(34)21-7-11-27-28(14-21)36-13-12-35-27/h2-11,14-15,19,23H,12-13,16-18H2,1H3,(H,31,34). The Morgan fingerprint density at radius 2 is 1.81 bits per heavy atom. The van der Waals surface area contributed by atoms with E-state index in [1.54, 1.807) is 18.2 Å². The second-order valence-electron chi connectivity index (χ2n) is 9.66. The van der Waals surface area contributed by atoms with Crippen LogP contribution in [0.3, 0.4) is 0 Å². The minimum Gasteiger partial charge on any atom is -0.486 e.